The molecule has 8 atom stereocenters. The smallest absolute Gasteiger partial charge is 0.245 e. The van der Waals surface area contributed by atoms with Crippen LogP contribution in [0.25, 0.3) is 0 Å². The van der Waals surface area contributed by atoms with Gasteiger partial charge in [-0.1, -0.05) is 44.2 Å². The molecule has 0 aromatic heterocycles. The normalized spacial score (nSPS) is 22.6. The number of benzene rings is 1. The highest BCUT2D eigenvalue weighted by Crippen LogP contribution is 2.11. The van der Waals surface area contributed by atoms with Crippen LogP contribution in [-0.2, 0) is 44.8 Å². The number of carbonyl (C=O) groups is 8. The van der Waals surface area contributed by atoms with Crippen molar-refractivity contribution in [3.8, 4) is 0 Å². The zero-order chi connectivity index (χ0) is 44.8. The van der Waals surface area contributed by atoms with Crippen LogP contribution in [0.5, 0.6) is 0 Å². The van der Waals surface area contributed by atoms with Gasteiger partial charge in [0, 0.05) is 19.4 Å². The first kappa shape index (κ1) is 50.5. The zero-order valence-corrected chi connectivity index (χ0v) is 34.8. The Hall–Kier alpha value is -5.67. The van der Waals surface area contributed by atoms with Gasteiger partial charge in [0.15, 0.2) is 11.7 Å². The van der Waals surface area contributed by atoms with Crippen LogP contribution in [0.1, 0.15) is 78.2 Å². The molecule has 1 aliphatic heterocycles. The van der Waals surface area contributed by atoms with Crippen LogP contribution in [0.2, 0.25) is 0 Å². The van der Waals surface area contributed by atoms with E-state index in [1.54, 1.807) is 37.3 Å². The standard InChI is InChI=1S/C39H63N11O10/c1-5-17-42-20-30(54)45-25-14-10-15-26(37(59)50-32(22(3)51)29(53)6-2)47-38(60)33(23(4)52)49-31(55)21-44-34(56)28(19-24-12-8-7-9-13-24)48-36(58)27(46-35(25)57)16-11-18-43-39(40)41/h7-9,12-13,22-23,25-28,32-33,42,51-52H,5-6,10-11,14-21H2,1-4H3,(H,44,56)(H,45,54)(H,46,57)(H,47,60)(H,48,58)(H,49,55)(H,50,59)(H4,40,41,43). The first-order chi connectivity index (χ1) is 28.5. The Morgan fingerprint density at radius 1 is 0.883 bits per heavy atom. The molecule has 1 aromatic carbocycles. The second kappa shape index (κ2) is 26.4. The Morgan fingerprint density at radius 3 is 2.18 bits per heavy atom. The molecule has 1 saturated heterocycles. The summed E-state index contributed by atoms with van der Waals surface area (Å²) in [7, 11) is 0. The van der Waals surface area contributed by atoms with Crippen molar-refractivity contribution in [2.45, 2.75) is 128 Å². The molecule has 0 spiro atoms. The number of hydrogen-bond acceptors (Lipinski definition) is 12. The van der Waals surface area contributed by atoms with Gasteiger partial charge < -0.3 is 64.2 Å². The summed E-state index contributed by atoms with van der Waals surface area (Å²) in [4.78, 5) is 112. The van der Waals surface area contributed by atoms with Crippen LogP contribution in [0.4, 0.5) is 0 Å². The summed E-state index contributed by atoms with van der Waals surface area (Å²) >= 11 is 0. The number of aliphatic hydroxyl groups excluding tert-OH is 2. The minimum absolute atomic E-state index is 0.00884. The Balaban J connectivity index is 2.63. The van der Waals surface area contributed by atoms with Crippen LogP contribution in [0.3, 0.4) is 0 Å². The lowest BCUT2D eigenvalue weighted by molar-refractivity contribution is -0.136. The van der Waals surface area contributed by atoms with Crippen molar-refractivity contribution < 1.29 is 48.6 Å². The lowest BCUT2D eigenvalue weighted by atomic mass is 10.0. The molecule has 0 saturated carbocycles. The van der Waals surface area contributed by atoms with Gasteiger partial charge in [0.25, 0.3) is 0 Å². The molecule has 21 nitrogen and oxygen atoms in total. The molecule has 14 N–H and O–H groups in total. The predicted molar refractivity (Wildman–Crippen MR) is 220 cm³/mol. The number of guanidine groups is 1. The third-order valence-electron chi connectivity index (χ3n) is 9.46. The number of hydrogen-bond donors (Lipinski definition) is 12. The summed E-state index contributed by atoms with van der Waals surface area (Å²) in [6.07, 6.45) is -2.28. The van der Waals surface area contributed by atoms with Crippen LogP contribution >= 0.6 is 0 Å². The number of carbonyl (C=O) groups excluding carboxylic acids is 8. The third-order valence-corrected chi connectivity index (χ3v) is 9.46. The number of nitrogens with zero attached hydrogens (tertiary/aromatic N) is 1. The van der Waals surface area contributed by atoms with Gasteiger partial charge in [-0.2, -0.15) is 0 Å². The van der Waals surface area contributed by atoms with Gasteiger partial charge in [-0.25, -0.2) is 0 Å². The summed E-state index contributed by atoms with van der Waals surface area (Å²) in [5.74, 6) is -6.35. The van der Waals surface area contributed by atoms with Gasteiger partial charge in [0.05, 0.1) is 25.3 Å². The van der Waals surface area contributed by atoms with Crippen LogP contribution in [0.15, 0.2) is 35.3 Å². The van der Waals surface area contributed by atoms with Crippen molar-refractivity contribution in [1.82, 2.24) is 42.5 Å². The maximum absolute atomic E-state index is 14.0. The molecule has 7 amide bonds. The maximum Gasteiger partial charge on any atom is 0.245 e. The van der Waals surface area contributed by atoms with E-state index in [9.17, 15) is 48.6 Å². The van der Waals surface area contributed by atoms with Gasteiger partial charge in [0.2, 0.25) is 41.4 Å². The molecule has 60 heavy (non-hydrogen) atoms. The van der Waals surface area contributed by atoms with Gasteiger partial charge in [0.1, 0.15) is 36.3 Å². The molecule has 1 heterocycles. The Morgan fingerprint density at radius 2 is 1.57 bits per heavy atom. The highest BCUT2D eigenvalue weighted by atomic mass is 16.3. The van der Waals surface area contributed by atoms with Crippen molar-refractivity contribution in [2.75, 3.05) is 26.2 Å². The summed E-state index contributed by atoms with van der Waals surface area (Å²) < 4.78 is 0. The number of ketones is 1. The largest absolute Gasteiger partial charge is 0.391 e. The molecular weight excluding hydrogens is 782 g/mol. The van der Waals surface area contributed by atoms with E-state index in [1.165, 1.54) is 13.8 Å². The van der Waals surface area contributed by atoms with Gasteiger partial charge in [-0.15, -0.1) is 0 Å². The molecule has 0 bridgehead atoms. The van der Waals surface area contributed by atoms with Crippen molar-refractivity contribution in [3.05, 3.63) is 35.9 Å². The molecule has 1 aliphatic rings. The number of rotatable bonds is 17. The van der Waals surface area contributed by atoms with Crippen molar-refractivity contribution >= 4 is 53.1 Å². The first-order valence-electron chi connectivity index (χ1n) is 20.2. The summed E-state index contributed by atoms with van der Waals surface area (Å²) in [5.41, 5.74) is 11.6. The Labute approximate surface area is 349 Å². The van der Waals surface area contributed by atoms with Crippen LogP contribution in [0, 0.1) is 0 Å². The van der Waals surface area contributed by atoms with Gasteiger partial charge >= 0.3 is 0 Å². The topological polar surface area (TPSA) is 338 Å². The molecule has 21 heteroatoms. The maximum atomic E-state index is 14.0. The van der Waals surface area contributed by atoms with Crippen molar-refractivity contribution in [2.24, 2.45) is 16.5 Å². The number of amides is 7. The predicted octanol–water partition coefficient (Wildman–Crippen LogP) is -3.77. The zero-order valence-electron chi connectivity index (χ0n) is 34.8. The highest BCUT2D eigenvalue weighted by molar-refractivity contribution is 5.97. The fraction of sp³-hybridized carbons (Fsp3) is 0.615. The molecule has 1 fully saturated rings. The summed E-state index contributed by atoms with van der Waals surface area (Å²) in [5, 5.41) is 41.5. The second-order valence-corrected chi connectivity index (χ2v) is 14.6. The fourth-order valence-corrected chi connectivity index (χ4v) is 6.19. The van der Waals surface area contributed by atoms with E-state index in [0.29, 0.717) is 12.1 Å². The molecule has 0 radical (unpaired) electrons. The van der Waals surface area contributed by atoms with E-state index in [4.69, 9.17) is 11.5 Å². The third kappa shape index (κ3) is 18.1. The molecule has 0 aliphatic carbocycles. The minimum Gasteiger partial charge on any atom is -0.391 e. The van der Waals surface area contributed by atoms with Crippen molar-refractivity contribution in [1.29, 1.82) is 0 Å². The number of Topliss-reactive ketones (excluding diaryl/α,β-unsaturated/α-hetero) is 1. The quantitative estimate of drug-likeness (QED) is 0.0408. The second-order valence-electron chi connectivity index (χ2n) is 14.6. The van der Waals surface area contributed by atoms with E-state index in [1.807, 2.05) is 6.92 Å². The van der Waals surface area contributed by atoms with Gasteiger partial charge in [-0.3, -0.25) is 43.3 Å². The summed E-state index contributed by atoms with van der Waals surface area (Å²) in [6, 6.07) is 0.438. The Bertz CT molecular complexity index is 1640. The first-order valence-corrected chi connectivity index (χ1v) is 20.2. The number of aliphatic imine (C=N–C) groups is 1. The van der Waals surface area contributed by atoms with E-state index in [2.05, 4.69) is 47.5 Å². The fourth-order valence-electron chi connectivity index (χ4n) is 6.19. The number of nitrogens with two attached hydrogens (primary N) is 2. The molecule has 1 aromatic rings. The van der Waals surface area contributed by atoms with Crippen LogP contribution in [-0.4, -0.2) is 138 Å². The monoisotopic (exact) mass is 845 g/mol. The van der Waals surface area contributed by atoms with Gasteiger partial charge in [-0.05, 0) is 64.5 Å². The highest BCUT2D eigenvalue weighted by Gasteiger charge is 2.34. The number of aliphatic hydroxyl groups is 2. The van der Waals surface area contributed by atoms with E-state index < -0.39 is 102 Å². The molecule has 334 valence electrons. The summed E-state index contributed by atoms with van der Waals surface area (Å²) in [6.45, 7) is 5.75. The lowest BCUT2D eigenvalue weighted by Crippen LogP contribution is -2.60. The molecule has 2 rings (SSSR count). The minimum atomic E-state index is -1.63. The van der Waals surface area contributed by atoms with Crippen LogP contribution < -0.4 is 54.0 Å². The lowest BCUT2D eigenvalue weighted by Gasteiger charge is -2.27. The van der Waals surface area contributed by atoms with E-state index >= 15 is 0 Å². The van der Waals surface area contributed by atoms with E-state index in [-0.39, 0.29) is 64.0 Å². The molecule has 8 unspecified atom stereocenters. The Kier molecular flexibility index (Phi) is 22.2. The van der Waals surface area contributed by atoms with E-state index in [0.717, 1.165) is 6.42 Å². The average Bonchev–Trinajstić information content (AvgIpc) is 3.20. The molecular formula is C39H63N11O10. The van der Waals surface area contributed by atoms with Crippen molar-refractivity contribution in [3.63, 3.8) is 0 Å². The SMILES string of the molecule is CCCNCC(=O)NC1CCCC(C(=O)NC(C(=O)CC)C(C)O)NC(=O)C(C(C)O)NC(=O)CNC(=O)C(Cc2ccccc2)NC(=O)C(CCCN=C(N)N)NC1=O. The number of nitrogens with one attached hydrogen (secondary N) is 8. The average molecular weight is 846 g/mol.